The van der Waals surface area contributed by atoms with Crippen molar-refractivity contribution in [3.8, 4) is 0 Å². The maximum absolute atomic E-state index is 11.9. The molecule has 92 valence electrons. The molecule has 0 spiro atoms. The smallest absolute Gasteiger partial charge is 0.326 e. The minimum Gasteiger partial charge on any atom is -0.480 e. The molecule has 0 heterocycles. The lowest BCUT2D eigenvalue weighted by Gasteiger charge is -2.21. The van der Waals surface area contributed by atoms with Crippen LogP contribution in [-0.4, -0.2) is 35.0 Å². The van der Waals surface area contributed by atoms with Crippen molar-refractivity contribution in [3.05, 3.63) is 28.2 Å². The highest BCUT2D eigenvalue weighted by Gasteiger charge is 2.22. The van der Waals surface area contributed by atoms with Crippen LogP contribution in [-0.2, 0) is 4.79 Å². The standard InChI is InChI=1S/C11H13BrN2O3/c1-6(11(16)17)14(2)10(15)7-3-4-8(12)9(13)5-7/h3-6H,13H2,1-2H3,(H,16,17). The van der Waals surface area contributed by atoms with Crippen LogP contribution in [0.2, 0.25) is 0 Å². The molecular weight excluding hydrogens is 288 g/mol. The molecule has 1 aromatic rings. The molecule has 0 saturated carbocycles. The number of carbonyl (C=O) groups is 2. The molecule has 1 atom stereocenters. The van der Waals surface area contributed by atoms with Crippen molar-refractivity contribution in [2.75, 3.05) is 12.8 Å². The van der Waals surface area contributed by atoms with Gasteiger partial charge in [-0.25, -0.2) is 4.79 Å². The Morgan fingerprint density at radius 3 is 2.53 bits per heavy atom. The second-order valence-corrected chi connectivity index (χ2v) is 4.52. The van der Waals surface area contributed by atoms with Crippen LogP contribution >= 0.6 is 15.9 Å². The van der Waals surface area contributed by atoms with Crippen LogP contribution in [0, 0.1) is 0 Å². The van der Waals surface area contributed by atoms with Crippen LogP contribution in [0.25, 0.3) is 0 Å². The number of amides is 1. The first kappa shape index (κ1) is 13.5. The number of nitrogens with two attached hydrogens (primary N) is 1. The van der Waals surface area contributed by atoms with E-state index in [0.29, 0.717) is 15.7 Å². The molecule has 1 aromatic carbocycles. The van der Waals surface area contributed by atoms with E-state index in [9.17, 15) is 9.59 Å². The van der Waals surface area contributed by atoms with Crippen molar-refractivity contribution in [1.29, 1.82) is 0 Å². The van der Waals surface area contributed by atoms with Crippen LogP contribution in [0.5, 0.6) is 0 Å². The Bertz CT molecular complexity index is 462. The highest BCUT2D eigenvalue weighted by molar-refractivity contribution is 9.10. The van der Waals surface area contributed by atoms with E-state index < -0.39 is 12.0 Å². The summed E-state index contributed by atoms with van der Waals surface area (Å²) in [5.41, 5.74) is 6.46. The molecule has 6 heteroatoms. The van der Waals surface area contributed by atoms with Gasteiger partial charge in [0.25, 0.3) is 5.91 Å². The number of nitrogens with zero attached hydrogens (tertiary/aromatic N) is 1. The molecule has 0 aromatic heterocycles. The summed E-state index contributed by atoms with van der Waals surface area (Å²) < 4.78 is 0.697. The topological polar surface area (TPSA) is 83.6 Å². The fourth-order valence-electron chi connectivity index (χ4n) is 1.22. The summed E-state index contributed by atoms with van der Waals surface area (Å²) >= 11 is 3.22. The average molecular weight is 301 g/mol. The lowest BCUT2D eigenvalue weighted by atomic mass is 10.1. The molecule has 0 aliphatic carbocycles. The number of aliphatic carboxylic acids is 1. The SMILES string of the molecule is CC(C(=O)O)N(C)C(=O)c1ccc(Br)c(N)c1. The number of anilines is 1. The summed E-state index contributed by atoms with van der Waals surface area (Å²) in [6.45, 7) is 1.45. The molecule has 1 rings (SSSR count). The first-order valence-electron chi connectivity index (χ1n) is 4.89. The molecule has 0 saturated heterocycles. The van der Waals surface area contributed by atoms with Gasteiger partial charge in [-0.2, -0.15) is 0 Å². The summed E-state index contributed by atoms with van der Waals surface area (Å²) in [4.78, 5) is 23.9. The third kappa shape index (κ3) is 2.97. The van der Waals surface area contributed by atoms with Crippen molar-refractivity contribution >= 4 is 33.5 Å². The number of likely N-dealkylation sites (N-methyl/N-ethyl adjacent to an activating group) is 1. The second-order valence-electron chi connectivity index (χ2n) is 3.67. The molecule has 0 radical (unpaired) electrons. The number of hydrogen-bond acceptors (Lipinski definition) is 3. The summed E-state index contributed by atoms with van der Waals surface area (Å²) in [6, 6.07) is 3.88. The number of nitrogen functional groups attached to an aromatic ring is 1. The number of rotatable bonds is 3. The minimum atomic E-state index is -1.05. The molecule has 17 heavy (non-hydrogen) atoms. The van der Waals surface area contributed by atoms with Gasteiger partial charge in [0.15, 0.2) is 0 Å². The Morgan fingerprint density at radius 1 is 1.47 bits per heavy atom. The first-order valence-corrected chi connectivity index (χ1v) is 5.69. The Kier molecular flexibility index (Phi) is 4.11. The summed E-state index contributed by atoms with van der Waals surface area (Å²) in [5.74, 6) is -1.43. The zero-order valence-electron chi connectivity index (χ0n) is 9.48. The number of hydrogen-bond donors (Lipinski definition) is 2. The zero-order chi connectivity index (χ0) is 13.2. The Balaban J connectivity index is 2.96. The predicted molar refractivity (Wildman–Crippen MR) is 67.7 cm³/mol. The van der Waals surface area contributed by atoms with E-state index in [1.54, 1.807) is 12.1 Å². The van der Waals surface area contributed by atoms with Crippen molar-refractivity contribution in [2.24, 2.45) is 0 Å². The summed E-state index contributed by atoms with van der Waals surface area (Å²) in [6.07, 6.45) is 0. The van der Waals surface area contributed by atoms with Crippen LogP contribution in [0.1, 0.15) is 17.3 Å². The second kappa shape index (κ2) is 5.18. The quantitative estimate of drug-likeness (QED) is 0.830. The molecule has 5 nitrogen and oxygen atoms in total. The Labute approximate surface area is 107 Å². The van der Waals surface area contributed by atoms with Gasteiger partial charge in [0.2, 0.25) is 0 Å². The van der Waals surface area contributed by atoms with Crippen molar-refractivity contribution in [3.63, 3.8) is 0 Å². The molecule has 0 aliphatic rings. The fraction of sp³-hybridized carbons (Fsp3) is 0.273. The molecule has 0 aliphatic heterocycles. The highest BCUT2D eigenvalue weighted by atomic mass is 79.9. The lowest BCUT2D eigenvalue weighted by molar-refractivity contribution is -0.141. The van der Waals surface area contributed by atoms with E-state index in [4.69, 9.17) is 10.8 Å². The van der Waals surface area contributed by atoms with E-state index in [1.807, 2.05) is 0 Å². The largest absolute Gasteiger partial charge is 0.480 e. The van der Waals surface area contributed by atoms with Crippen LogP contribution in [0.15, 0.2) is 22.7 Å². The van der Waals surface area contributed by atoms with Gasteiger partial charge in [0.05, 0.1) is 0 Å². The number of carboxylic acids is 1. The van der Waals surface area contributed by atoms with Gasteiger partial charge in [-0.1, -0.05) is 0 Å². The van der Waals surface area contributed by atoms with E-state index >= 15 is 0 Å². The summed E-state index contributed by atoms with van der Waals surface area (Å²) in [5, 5.41) is 8.82. The molecule has 0 bridgehead atoms. The predicted octanol–water partition coefficient (Wildman–Crippen LogP) is 1.58. The van der Waals surface area contributed by atoms with Gasteiger partial charge in [0, 0.05) is 22.8 Å². The van der Waals surface area contributed by atoms with E-state index in [-0.39, 0.29) is 5.91 Å². The maximum atomic E-state index is 11.9. The molecule has 3 N–H and O–H groups in total. The average Bonchev–Trinajstić information content (AvgIpc) is 2.29. The maximum Gasteiger partial charge on any atom is 0.326 e. The van der Waals surface area contributed by atoms with Gasteiger partial charge < -0.3 is 15.7 Å². The minimum absolute atomic E-state index is 0.362. The number of halogens is 1. The molecular formula is C11H13BrN2O3. The number of carbonyl (C=O) groups excluding carboxylic acids is 1. The summed E-state index contributed by atoms with van der Waals surface area (Å²) in [7, 11) is 1.44. The fourth-order valence-corrected chi connectivity index (χ4v) is 1.47. The Hall–Kier alpha value is -1.56. The molecule has 1 amide bonds. The van der Waals surface area contributed by atoms with Crippen molar-refractivity contribution in [2.45, 2.75) is 13.0 Å². The monoisotopic (exact) mass is 300 g/mol. The highest BCUT2D eigenvalue weighted by Crippen LogP contribution is 2.21. The van der Waals surface area contributed by atoms with E-state index in [0.717, 1.165) is 4.90 Å². The van der Waals surface area contributed by atoms with Gasteiger partial charge in [0.1, 0.15) is 6.04 Å². The van der Waals surface area contributed by atoms with E-state index in [2.05, 4.69) is 15.9 Å². The lowest BCUT2D eigenvalue weighted by Crippen LogP contribution is -2.40. The van der Waals surface area contributed by atoms with E-state index in [1.165, 1.54) is 20.0 Å². The number of carboxylic acid groups (broad SMARTS) is 1. The third-order valence-electron chi connectivity index (χ3n) is 2.50. The van der Waals surface area contributed by atoms with Gasteiger partial charge in [-0.15, -0.1) is 0 Å². The first-order chi connectivity index (χ1) is 7.84. The number of benzene rings is 1. The Morgan fingerprint density at radius 2 is 2.06 bits per heavy atom. The third-order valence-corrected chi connectivity index (χ3v) is 3.22. The molecule has 0 fully saturated rings. The molecule has 1 unspecified atom stereocenters. The van der Waals surface area contributed by atoms with Crippen molar-refractivity contribution in [1.82, 2.24) is 4.90 Å². The van der Waals surface area contributed by atoms with Crippen molar-refractivity contribution < 1.29 is 14.7 Å². The van der Waals surface area contributed by atoms with Gasteiger partial charge in [-0.3, -0.25) is 4.79 Å². The van der Waals surface area contributed by atoms with Crippen LogP contribution in [0.4, 0.5) is 5.69 Å². The normalized spacial score (nSPS) is 11.9. The zero-order valence-corrected chi connectivity index (χ0v) is 11.1. The van der Waals surface area contributed by atoms with Gasteiger partial charge >= 0.3 is 5.97 Å². The van der Waals surface area contributed by atoms with Crippen LogP contribution in [0.3, 0.4) is 0 Å². The van der Waals surface area contributed by atoms with Crippen LogP contribution < -0.4 is 5.73 Å². The van der Waals surface area contributed by atoms with Gasteiger partial charge in [-0.05, 0) is 41.1 Å².